The molecule has 0 radical (unpaired) electrons. The molecule has 100 valence electrons. The Hall–Kier alpha value is -1.60. The van der Waals surface area contributed by atoms with Crippen LogP contribution in [-0.4, -0.2) is 6.54 Å². The minimum atomic E-state index is 0.453. The summed E-state index contributed by atoms with van der Waals surface area (Å²) in [6, 6.07) is 15.8. The molecule has 0 aliphatic heterocycles. The predicted octanol–water partition coefficient (Wildman–Crippen LogP) is 4.85. The van der Waals surface area contributed by atoms with Crippen molar-refractivity contribution in [2.45, 2.75) is 32.2 Å². The second-order valence-electron chi connectivity index (χ2n) is 4.94. The zero-order chi connectivity index (χ0) is 13.5. The molecule has 1 heteroatoms. The van der Waals surface area contributed by atoms with Gasteiger partial charge >= 0.3 is 0 Å². The zero-order valence-electron chi connectivity index (χ0n) is 11.7. The van der Waals surface area contributed by atoms with Gasteiger partial charge in [-0.15, -0.1) is 6.58 Å². The van der Waals surface area contributed by atoms with Crippen LogP contribution >= 0.6 is 0 Å². The number of fused-ring (bicyclic) bond motifs is 1. The summed E-state index contributed by atoms with van der Waals surface area (Å²) >= 11 is 0. The molecule has 1 N–H and O–H groups in total. The molecule has 0 spiro atoms. The van der Waals surface area contributed by atoms with Crippen LogP contribution in [0.3, 0.4) is 0 Å². The van der Waals surface area contributed by atoms with Crippen molar-refractivity contribution in [1.82, 2.24) is 5.32 Å². The van der Waals surface area contributed by atoms with E-state index in [2.05, 4.69) is 61.3 Å². The minimum absolute atomic E-state index is 0.453. The smallest absolute Gasteiger partial charge is 0.0320 e. The van der Waals surface area contributed by atoms with E-state index in [4.69, 9.17) is 0 Å². The number of unbranched alkanes of at least 4 members (excludes halogenated alkanes) is 1. The van der Waals surface area contributed by atoms with Gasteiger partial charge in [-0.25, -0.2) is 0 Å². The van der Waals surface area contributed by atoms with Gasteiger partial charge in [0.05, 0.1) is 0 Å². The second kappa shape index (κ2) is 7.10. The van der Waals surface area contributed by atoms with E-state index in [9.17, 15) is 0 Å². The standard InChI is InChI=1S/C18H23N/c1-3-5-6-11-18(19-4-2)17-13-12-15-9-7-8-10-16(15)14-17/h3,7-10,12-14,18-19H,1,4-6,11H2,2H3. The fraction of sp³-hybridized carbons (Fsp3) is 0.333. The van der Waals surface area contributed by atoms with Crippen LogP contribution in [0.15, 0.2) is 55.1 Å². The van der Waals surface area contributed by atoms with E-state index in [0.29, 0.717) is 6.04 Å². The van der Waals surface area contributed by atoms with Crippen LogP contribution in [0, 0.1) is 0 Å². The first-order valence-electron chi connectivity index (χ1n) is 7.18. The average Bonchev–Trinajstić information content (AvgIpc) is 2.46. The summed E-state index contributed by atoms with van der Waals surface area (Å²) in [7, 11) is 0. The molecule has 0 saturated heterocycles. The highest BCUT2D eigenvalue weighted by Gasteiger charge is 2.09. The van der Waals surface area contributed by atoms with Crippen LogP contribution in [0.5, 0.6) is 0 Å². The van der Waals surface area contributed by atoms with Crippen molar-refractivity contribution in [2.24, 2.45) is 0 Å². The van der Waals surface area contributed by atoms with E-state index in [1.807, 2.05) is 6.08 Å². The van der Waals surface area contributed by atoms with Gasteiger partial charge in [-0.05, 0) is 48.2 Å². The number of allylic oxidation sites excluding steroid dienone is 1. The van der Waals surface area contributed by atoms with E-state index in [1.165, 1.54) is 22.8 Å². The second-order valence-corrected chi connectivity index (χ2v) is 4.94. The fourth-order valence-corrected chi connectivity index (χ4v) is 2.52. The van der Waals surface area contributed by atoms with Crippen LogP contribution in [0.1, 0.15) is 37.8 Å². The number of hydrogen-bond acceptors (Lipinski definition) is 1. The Morgan fingerprint density at radius 2 is 1.95 bits per heavy atom. The lowest BCUT2D eigenvalue weighted by Gasteiger charge is -2.18. The van der Waals surface area contributed by atoms with Gasteiger partial charge in [0.2, 0.25) is 0 Å². The molecule has 2 rings (SSSR count). The van der Waals surface area contributed by atoms with Crippen LogP contribution < -0.4 is 5.32 Å². The van der Waals surface area contributed by atoms with Crippen LogP contribution in [0.25, 0.3) is 10.8 Å². The third-order valence-corrected chi connectivity index (χ3v) is 3.53. The van der Waals surface area contributed by atoms with E-state index >= 15 is 0 Å². The largest absolute Gasteiger partial charge is 0.310 e. The van der Waals surface area contributed by atoms with Crippen LogP contribution in [-0.2, 0) is 0 Å². The summed E-state index contributed by atoms with van der Waals surface area (Å²) in [5, 5.41) is 6.23. The van der Waals surface area contributed by atoms with Crippen molar-refractivity contribution in [3.05, 3.63) is 60.7 Å². The van der Waals surface area contributed by atoms with Gasteiger partial charge in [0.15, 0.2) is 0 Å². The predicted molar refractivity (Wildman–Crippen MR) is 84.4 cm³/mol. The van der Waals surface area contributed by atoms with Crippen LogP contribution in [0.2, 0.25) is 0 Å². The summed E-state index contributed by atoms with van der Waals surface area (Å²) in [6.07, 6.45) is 5.45. The van der Waals surface area contributed by atoms with E-state index in [-0.39, 0.29) is 0 Å². The molecule has 0 amide bonds. The molecule has 0 aromatic heterocycles. The normalized spacial score (nSPS) is 12.5. The zero-order valence-corrected chi connectivity index (χ0v) is 11.7. The monoisotopic (exact) mass is 253 g/mol. The maximum absolute atomic E-state index is 3.80. The lowest BCUT2D eigenvalue weighted by Crippen LogP contribution is -2.20. The van der Waals surface area contributed by atoms with Gasteiger partial charge in [-0.3, -0.25) is 0 Å². The van der Waals surface area contributed by atoms with Crippen molar-refractivity contribution < 1.29 is 0 Å². The highest BCUT2D eigenvalue weighted by Crippen LogP contribution is 2.24. The van der Waals surface area contributed by atoms with Crippen molar-refractivity contribution >= 4 is 10.8 Å². The molecule has 2 aromatic carbocycles. The molecule has 0 aliphatic carbocycles. The number of nitrogens with one attached hydrogen (secondary N) is 1. The quantitative estimate of drug-likeness (QED) is 0.549. The lowest BCUT2D eigenvalue weighted by molar-refractivity contribution is 0.501. The van der Waals surface area contributed by atoms with Gasteiger partial charge in [0, 0.05) is 6.04 Å². The fourth-order valence-electron chi connectivity index (χ4n) is 2.52. The average molecular weight is 253 g/mol. The SMILES string of the molecule is C=CCCCC(NCC)c1ccc2ccccc2c1. The van der Waals surface area contributed by atoms with Gasteiger partial charge in [0.1, 0.15) is 0 Å². The first-order valence-corrected chi connectivity index (χ1v) is 7.18. The molecule has 0 saturated carbocycles. The first kappa shape index (κ1) is 13.8. The molecule has 0 aliphatic rings. The Balaban J connectivity index is 2.19. The lowest BCUT2D eigenvalue weighted by atomic mass is 9.98. The first-order chi connectivity index (χ1) is 9.35. The Labute approximate surface area is 116 Å². The minimum Gasteiger partial charge on any atom is -0.310 e. The molecule has 2 aromatic rings. The Bertz CT molecular complexity index is 530. The number of benzene rings is 2. The summed E-state index contributed by atoms with van der Waals surface area (Å²) < 4.78 is 0. The Kier molecular flexibility index (Phi) is 5.17. The third kappa shape index (κ3) is 3.68. The van der Waals surface area contributed by atoms with Gasteiger partial charge in [0.25, 0.3) is 0 Å². The molecule has 1 nitrogen and oxygen atoms in total. The van der Waals surface area contributed by atoms with Gasteiger partial charge in [-0.1, -0.05) is 49.4 Å². The summed E-state index contributed by atoms with van der Waals surface area (Å²) in [5.41, 5.74) is 1.39. The number of rotatable bonds is 7. The molecular formula is C18H23N. The van der Waals surface area contributed by atoms with Crippen molar-refractivity contribution in [2.75, 3.05) is 6.54 Å². The Morgan fingerprint density at radius 3 is 2.68 bits per heavy atom. The topological polar surface area (TPSA) is 12.0 Å². The molecular weight excluding hydrogens is 230 g/mol. The van der Waals surface area contributed by atoms with E-state index < -0.39 is 0 Å². The van der Waals surface area contributed by atoms with Crippen molar-refractivity contribution in [3.8, 4) is 0 Å². The highest BCUT2D eigenvalue weighted by molar-refractivity contribution is 5.83. The van der Waals surface area contributed by atoms with E-state index in [0.717, 1.165) is 19.4 Å². The molecule has 19 heavy (non-hydrogen) atoms. The Morgan fingerprint density at radius 1 is 1.16 bits per heavy atom. The summed E-state index contributed by atoms with van der Waals surface area (Å²) in [4.78, 5) is 0. The highest BCUT2D eigenvalue weighted by atomic mass is 14.9. The third-order valence-electron chi connectivity index (χ3n) is 3.53. The van der Waals surface area contributed by atoms with Crippen LogP contribution in [0.4, 0.5) is 0 Å². The maximum Gasteiger partial charge on any atom is 0.0320 e. The molecule has 1 unspecified atom stereocenters. The van der Waals surface area contributed by atoms with Gasteiger partial charge in [-0.2, -0.15) is 0 Å². The maximum atomic E-state index is 3.80. The van der Waals surface area contributed by atoms with Crippen molar-refractivity contribution in [1.29, 1.82) is 0 Å². The van der Waals surface area contributed by atoms with Crippen molar-refractivity contribution in [3.63, 3.8) is 0 Å². The molecule has 0 fully saturated rings. The van der Waals surface area contributed by atoms with Gasteiger partial charge < -0.3 is 5.32 Å². The molecule has 1 atom stereocenters. The van der Waals surface area contributed by atoms with E-state index in [1.54, 1.807) is 0 Å². The molecule has 0 heterocycles. The molecule has 0 bridgehead atoms. The summed E-state index contributed by atoms with van der Waals surface area (Å²) in [5.74, 6) is 0. The summed E-state index contributed by atoms with van der Waals surface area (Å²) in [6.45, 7) is 6.97. The number of hydrogen-bond donors (Lipinski definition) is 1.